The van der Waals surface area contributed by atoms with Crippen LogP contribution in [0.3, 0.4) is 0 Å². The zero-order valence-corrected chi connectivity index (χ0v) is 13.4. The molecule has 1 fully saturated rings. The fourth-order valence-electron chi connectivity index (χ4n) is 2.09. The molecule has 2 aromatic rings. The van der Waals surface area contributed by atoms with E-state index >= 15 is 0 Å². The van der Waals surface area contributed by atoms with Crippen LogP contribution in [-0.2, 0) is 4.79 Å². The molecule has 0 radical (unpaired) electrons. The number of halogens is 1. The van der Waals surface area contributed by atoms with Gasteiger partial charge in [-0.15, -0.1) is 0 Å². The summed E-state index contributed by atoms with van der Waals surface area (Å²) in [5, 5.41) is 0. The van der Waals surface area contributed by atoms with Gasteiger partial charge in [-0.25, -0.2) is 4.39 Å². The quantitative estimate of drug-likeness (QED) is 0.596. The Kier molecular flexibility index (Phi) is 4.09. The summed E-state index contributed by atoms with van der Waals surface area (Å²) < 4.78 is 13.5. The minimum atomic E-state index is -0.343. The Balaban J connectivity index is 1.91. The van der Waals surface area contributed by atoms with Crippen LogP contribution in [-0.4, -0.2) is 10.2 Å². The normalized spacial score (nSPS) is 16.6. The number of hydrogen-bond acceptors (Lipinski definition) is 3. The second-order valence-corrected chi connectivity index (χ2v) is 6.58. The molecule has 3 rings (SSSR count). The molecular weight excluding hydrogens is 317 g/mol. The molecule has 0 unspecified atom stereocenters. The van der Waals surface area contributed by atoms with Crippen molar-refractivity contribution in [2.45, 2.75) is 6.92 Å². The van der Waals surface area contributed by atoms with Crippen molar-refractivity contribution in [3.63, 3.8) is 0 Å². The van der Waals surface area contributed by atoms with Gasteiger partial charge in [-0.05, 0) is 42.8 Å². The van der Waals surface area contributed by atoms with Gasteiger partial charge in [0.2, 0.25) is 0 Å². The van der Waals surface area contributed by atoms with Crippen LogP contribution < -0.4 is 4.90 Å². The van der Waals surface area contributed by atoms with Crippen molar-refractivity contribution >= 4 is 46.0 Å². The number of rotatable bonds is 2. The van der Waals surface area contributed by atoms with E-state index in [4.69, 9.17) is 12.2 Å². The summed E-state index contributed by atoms with van der Waals surface area (Å²) >= 11 is 6.53. The fraction of sp³-hybridized carbons (Fsp3) is 0.0588. The number of aryl methyl sites for hydroxylation is 1. The summed E-state index contributed by atoms with van der Waals surface area (Å²) in [4.78, 5) is 14.5. The van der Waals surface area contributed by atoms with Gasteiger partial charge in [-0.3, -0.25) is 9.69 Å². The first-order valence-electron chi connectivity index (χ1n) is 6.65. The number of thiocarbonyl (C=S) groups is 1. The number of thioether (sulfide) groups is 1. The first kappa shape index (κ1) is 14.9. The maximum atomic E-state index is 13.0. The Bertz CT molecular complexity index is 766. The molecule has 2 aromatic carbocycles. The van der Waals surface area contributed by atoms with E-state index in [0.717, 1.165) is 11.1 Å². The van der Waals surface area contributed by atoms with Gasteiger partial charge in [-0.1, -0.05) is 53.8 Å². The SMILES string of the molecule is Cc1ccc(/C=C2/SC(=S)N(c3ccc(F)cc3)C2=O)cc1. The standard InChI is InChI=1S/C17H12FNOS2/c1-11-2-4-12(5-3-11)10-15-16(20)19(17(21)22-15)14-8-6-13(18)7-9-14/h2-10H,1H3/b15-10+. The van der Waals surface area contributed by atoms with Crippen LogP contribution in [0, 0.1) is 12.7 Å². The third-order valence-corrected chi connectivity index (χ3v) is 4.56. The highest BCUT2D eigenvalue weighted by Gasteiger charge is 2.33. The number of hydrogen-bond donors (Lipinski definition) is 0. The zero-order chi connectivity index (χ0) is 15.7. The van der Waals surface area contributed by atoms with Crippen molar-refractivity contribution in [2.24, 2.45) is 0 Å². The number of nitrogens with zero attached hydrogens (tertiary/aromatic N) is 1. The maximum absolute atomic E-state index is 13.0. The molecule has 1 aliphatic heterocycles. The average Bonchev–Trinajstić information content (AvgIpc) is 2.77. The van der Waals surface area contributed by atoms with Crippen molar-refractivity contribution in [3.05, 3.63) is 70.4 Å². The number of amides is 1. The van der Waals surface area contributed by atoms with Crippen LogP contribution in [0.25, 0.3) is 6.08 Å². The lowest BCUT2D eigenvalue weighted by molar-refractivity contribution is -0.113. The Morgan fingerprint density at radius 3 is 2.36 bits per heavy atom. The Labute approximate surface area is 137 Å². The van der Waals surface area contributed by atoms with Crippen molar-refractivity contribution in [1.29, 1.82) is 0 Å². The van der Waals surface area contributed by atoms with Crippen molar-refractivity contribution < 1.29 is 9.18 Å². The number of anilines is 1. The molecule has 0 bridgehead atoms. The lowest BCUT2D eigenvalue weighted by atomic mass is 10.1. The van der Waals surface area contributed by atoms with Gasteiger partial charge in [-0.2, -0.15) is 0 Å². The minimum Gasteiger partial charge on any atom is -0.268 e. The lowest BCUT2D eigenvalue weighted by Gasteiger charge is -2.14. The van der Waals surface area contributed by atoms with E-state index in [9.17, 15) is 9.18 Å². The molecule has 0 saturated carbocycles. The van der Waals surface area contributed by atoms with Crippen LogP contribution in [0.5, 0.6) is 0 Å². The molecule has 0 aromatic heterocycles. The molecule has 0 N–H and O–H groups in total. The highest BCUT2D eigenvalue weighted by molar-refractivity contribution is 8.27. The van der Waals surface area contributed by atoms with E-state index in [-0.39, 0.29) is 11.7 Å². The monoisotopic (exact) mass is 329 g/mol. The van der Waals surface area contributed by atoms with E-state index in [2.05, 4.69) is 0 Å². The third kappa shape index (κ3) is 2.96. The van der Waals surface area contributed by atoms with Crippen molar-refractivity contribution in [2.75, 3.05) is 4.90 Å². The number of benzene rings is 2. The van der Waals surface area contributed by atoms with Crippen LogP contribution in [0.2, 0.25) is 0 Å². The van der Waals surface area contributed by atoms with Crippen LogP contribution >= 0.6 is 24.0 Å². The summed E-state index contributed by atoms with van der Waals surface area (Å²) in [5.41, 5.74) is 2.69. The van der Waals surface area contributed by atoms with Crippen LogP contribution in [0.15, 0.2) is 53.4 Å². The zero-order valence-electron chi connectivity index (χ0n) is 11.7. The van der Waals surface area contributed by atoms with E-state index in [1.807, 2.05) is 37.3 Å². The second-order valence-electron chi connectivity index (χ2n) is 4.90. The van der Waals surface area contributed by atoms with E-state index in [0.29, 0.717) is 14.9 Å². The smallest absolute Gasteiger partial charge is 0.268 e. The molecule has 0 aliphatic carbocycles. The minimum absolute atomic E-state index is 0.179. The lowest BCUT2D eigenvalue weighted by Crippen LogP contribution is -2.27. The van der Waals surface area contributed by atoms with Gasteiger partial charge >= 0.3 is 0 Å². The summed E-state index contributed by atoms with van der Waals surface area (Å²) in [5.74, 6) is -0.522. The molecule has 5 heteroatoms. The maximum Gasteiger partial charge on any atom is 0.270 e. The number of carbonyl (C=O) groups excluding carboxylic acids is 1. The molecule has 1 heterocycles. The Morgan fingerprint density at radius 1 is 1.09 bits per heavy atom. The van der Waals surface area contributed by atoms with E-state index in [1.165, 1.54) is 28.8 Å². The molecule has 110 valence electrons. The molecule has 22 heavy (non-hydrogen) atoms. The van der Waals surface area contributed by atoms with E-state index in [1.54, 1.807) is 12.1 Å². The molecule has 1 amide bonds. The Hall–Kier alpha value is -1.98. The second kappa shape index (κ2) is 6.02. The molecule has 0 atom stereocenters. The summed E-state index contributed by atoms with van der Waals surface area (Å²) in [6.45, 7) is 2.01. The summed E-state index contributed by atoms with van der Waals surface area (Å²) in [6, 6.07) is 13.6. The molecule has 1 aliphatic rings. The molecule has 1 saturated heterocycles. The topological polar surface area (TPSA) is 20.3 Å². The molecule has 0 spiro atoms. The number of carbonyl (C=O) groups is 1. The Morgan fingerprint density at radius 2 is 1.73 bits per heavy atom. The van der Waals surface area contributed by atoms with Crippen LogP contribution in [0.1, 0.15) is 11.1 Å². The highest BCUT2D eigenvalue weighted by atomic mass is 32.2. The van der Waals surface area contributed by atoms with Gasteiger partial charge in [0.25, 0.3) is 5.91 Å². The first-order chi connectivity index (χ1) is 10.5. The van der Waals surface area contributed by atoms with Gasteiger partial charge < -0.3 is 0 Å². The predicted molar refractivity (Wildman–Crippen MR) is 93.2 cm³/mol. The largest absolute Gasteiger partial charge is 0.270 e. The highest BCUT2D eigenvalue weighted by Crippen LogP contribution is 2.35. The predicted octanol–water partition coefficient (Wildman–Crippen LogP) is 4.54. The van der Waals surface area contributed by atoms with Gasteiger partial charge in [0.15, 0.2) is 4.32 Å². The van der Waals surface area contributed by atoms with Gasteiger partial charge in [0.05, 0.1) is 10.6 Å². The van der Waals surface area contributed by atoms with Crippen molar-refractivity contribution in [3.8, 4) is 0 Å². The van der Waals surface area contributed by atoms with Gasteiger partial charge in [0.1, 0.15) is 5.82 Å². The summed E-state index contributed by atoms with van der Waals surface area (Å²) in [7, 11) is 0. The molecular formula is C17H12FNOS2. The molecule has 2 nitrogen and oxygen atoms in total. The average molecular weight is 329 g/mol. The van der Waals surface area contributed by atoms with Crippen LogP contribution in [0.4, 0.5) is 10.1 Å². The fourth-order valence-corrected chi connectivity index (χ4v) is 3.39. The third-order valence-electron chi connectivity index (χ3n) is 3.25. The first-order valence-corrected chi connectivity index (χ1v) is 7.87. The summed E-state index contributed by atoms with van der Waals surface area (Å²) in [6.07, 6.45) is 1.82. The van der Waals surface area contributed by atoms with Crippen molar-refractivity contribution in [1.82, 2.24) is 0 Å². The van der Waals surface area contributed by atoms with E-state index < -0.39 is 0 Å². The van der Waals surface area contributed by atoms with Gasteiger partial charge in [0, 0.05) is 0 Å².